The number of hydrogen-bond donors (Lipinski definition) is 0. The molecule has 0 aromatic carbocycles. The van der Waals surface area contributed by atoms with Crippen molar-refractivity contribution in [3.8, 4) is 0 Å². The molecule has 0 saturated carbocycles. The van der Waals surface area contributed by atoms with E-state index in [0.717, 1.165) is 11.4 Å². The zero-order valence-electron chi connectivity index (χ0n) is 8.81. The highest BCUT2D eigenvalue weighted by atomic mass is 79.9. The first kappa shape index (κ1) is 12.4. The lowest BCUT2D eigenvalue weighted by Gasteiger charge is -2.31. The topological polar surface area (TPSA) is 3.24 Å². The van der Waals surface area contributed by atoms with Crippen molar-refractivity contribution in [3.63, 3.8) is 0 Å². The van der Waals surface area contributed by atoms with Gasteiger partial charge in [0.15, 0.2) is 0 Å². The molecule has 0 amide bonds. The molecule has 0 aliphatic rings. The summed E-state index contributed by atoms with van der Waals surface area (Å²) >= 11 is 3.47. The van der Waals surface area contributed by atoms with Crippen LogP contribution >= 0.6 is 15.9 Å². The third kappa shape index (κ3) is 4.46. The van der Waals surface area contributed by atoms with Crippen LogP contribution in [0.15, 0.2) is 0 Å². The fourth-order valence-corrected chi connectivity index (χ4v) is 1.72. The first-order valence-electron chi connectivity index (χ1n) is 4.95. The van der Waals surface area contributed by atoms with Crippen molar-refractivity contribution in [2.24, 2.45) is 0 Å². The van der Waals surface area contributed by atoms with E-state index < -0.39 is 0 Å². The van der Waals surface area contributed by atoms with E-state index >= 15 is 0 Å². The van der Waals surface area contributed by atoms with Gasteiger partial charge in [0.25, 0.3) is 0 Å². The molecule has 0 bridgehead atoms. The summed E-state index contributed by atoms with van der Waals surface area (Å²) < 4.78 is 0. The van der Waals surface area contributed by atoms with Crippen molar-refractivity contribution in [1.82, 2.24) is 4.90 Å². The van der Waals surface area contributed by atoms with Gasteiger partial charge in [-0.15, -0.1) is 0 Å². The van der Waals surface area contributed by atoms with Crippen LogP contribution in [0.5, 0.6) is 0 Å². The summed E-state index contributed by atoms with van der Waals surface area (Å²) in [7, 11) is 0. The Morgan fingerprint density at radius 1 is 1.25 bits per heavy atom. The number of nitrogens with zero attached hydrogens (tertiary/aromatic N) is 1. The number of hydrogen-bond acceptors (Lipinski definition) is 1. The van der Waals surface area contributed by atoms with Gasteiger partial charge in [-0.3, -0.25) is 4.90 Å². The summed E-state index contributed by atoms with van der Waals surface area (Å²) in [4.78, 5) is 2.57. The molecule has 0 aromatic heterocycles. The van der Waals surface area contributed by atoms with Gasteiger partial charge in [0, 0.05) is 17.4 Å². The standard InChI is InChI=1S/C10H22BrN/c1-5-10(4)12(9(2)3)8-6-7-11/h9-10H,5-8H2,1-4H3. The molecule has 0 aliphatic carbocycles. The van der Waals surface area contributed by atoms with Gasteiger partial charge in [-0.05, 0) is 40.2 Å². The Bertz CT molecular complexity index is 104. The van der Waals surface area contributed by atoms with E-state index in [9.17, 15) is 0 Å². The zero-order chi connectivity index (χ0) is 9.56. The molecule has 74 valence electrons. The van der Waals surface area contributed by atoms with Crippen LogP contribution in [-0.4, -0.2) is 28.9 Å². The van der Waals surface area contributed by atoms with Crippen molar-refractivity contribution < 1.29 is 0 Å². The quantitative estimate of drug-likeness (QED) is 0.640. The molecular formula is C10H22BrN. The third-order valence-electron chi connectivity index (χ3n) is 2.37. The summed E-state index contributed by atoms with van der Waals surface area (Å²) in [5.41, 5.74) is 0. The highest BCUT2D eigenvalue weighted by Gasteiger charge is 2.13. The summed E-state index contributed by atoms with van der Waals surface area (Å²) in [5, 5.41) is 1.12. The maximum atomic E-state index is 3.47. The second-order valence-corrected chi connectivity index (χ2v) is 4.42. The molecule has 0 radical (unpaired) electrons. The second kappa shape index (κ2) is 6.90. The molecule has 1 nitrogen and oxygen atoms in total. The first-order valence-corrected chi connectivity index (χ1v) is 6.07. The third-order valence-corrected chi connectivity index (χ3v) is 2.93. The predicted octanol–water partition coefficient (Wildman–Crippen LogP) is 3.28. The lowest BCUT2D eigenvalue weighted by Crippen LogP contribution is -2.39. The van der Waals surface area contributed by atoms with Crippen LogP contribution in [0.2, 0.25) is 0 Å². The van der Waals surface area contributed by atoms with E-state index in [-0.39, 0.29) is 0 Å². The van der Waals surface area contributed by atoms with Crippen LogP contribution in [0.3, 0.4) is 0 Å². The van der Waals surface area contributed by atoms with Gasteiger partial charge in [-0.1, -0.05) is 22.9 Å². The van der Waals surface area contributed by atoms with Crippen molar-refractivity contribution >= 4 is 15.9 Å². The molecule has 0 rings (SSSR count). The minimum absolute atomic E-state index is 0.680. The Morgan fingerprint density at radius 2 is 1.83 bits per heavy atom. The van der Waals surface area contributed by atoms with Gasteiger partial charge in [0.1, 0.15) is 0 Å². The average molecular weight is 236 g/mol. The smallest absolute Gasteiger partial charge is 0.00670 e. The predicted molar refractivity (Wildman–Crippen MR) is 60.0 cm³/mol. The minimum atomic E-state index is 0.680. The molecule has 0 N–H and O–H groups in total. The maximum Gasteiger partial charge on any atom is 0.00670 e. The van der Waals surface area contributed by atoms with Crippen LogP contribution in [0.25, 0.3) is 0 Å². The molecular weight excluding hydrogens is 214 g/mol. The molecule has 1 unspecified atom stereocenters. The Labute approximate surface area is 85.7 Å². The Morgan fingerprint density at radius 3 is 2.17 bits per heavy atom. The molecule has 0 heterocycles. The van der Waals surface area contributed by atoms with Gasteiger partial charge in [-0.25, -0.2) is 0 Å². The van der Waals surface area contributed by atoms with Crippen molar-refractivity contribution in [1.29, 1.82) is 0 Å². The Hall–Kier alpha value is 0.440. The lowest BCUT2D eigenvalue weighted by atomic mass is 10.1. The van der Waals surface area contributed by atoms with Crippen LogP contribution in [0, 0.1) is 0 Å². The summed E-state index contributed by atoms with van der Waals surface area (Å²) in [5.74, 6) is 0. The number of halogens is 1. The van der Waals surface area contributed by atoms with Crippen LogP contribution < -0.4 is 0 Å². The maximum absolute atomic E-state index is 3.47. The zero-order valence-corrected chi connectivity index (χ0v) is 10.4. The minimum Gasteiger partial charge on any atom is -0.298 e. The van der Waals surface area contributed by atoms with Crippen LogP contribution in [0.4, 0.5) is 0 Å². The van der Waals surface area contributed by atoms with Crippen molar-refractivity contribution in [3.05, 3.63) is 0 Å². The summed E-state index contributed by atoms with van der Waals surface area (Å²) in [6, 6.07) is 1.41. The average Bonchev–Trinajstić information content (AvgIpc) is 2.04. The number of rotatable bonds is 6. The molecule has 0 fully saturated rings. The normalized spacial score (nSPS) is 14.2. The lowest BCUT2D eigenvalue weighted by molar-refractivity contribution is 0.161. The molecule has 2 heteroatoms. The van der Waals surface area contributed by atoms with E-state index in [0.29, 0.717) is 6.04 Å². The molecule has 1 atom stereocenters. The second-order valence-electron chi connectivity index (χ2n) is 3.63. The fourth-order valence-electron chi connectivity index (χ4n) is 1.46. The fraction of sp³-hybridized carbons (Fsp3) is 1.00. The van der Waals surface area contributed by atoms with Crippen LogP contribution in [-0.2, 0) is 0 Å². The van der Waals surface area contributed by atoms with E-state index in [1.807, 2.05) is 0 Å². The van der Waals surface area contributed by atoms with E-state index in [1.54, 1.807) is 0 Å². The largest absolute Gasteiger partial charge is 0.298 e. The van der Waals surface area contributed by atoms with Crippen LogP contribution in [0.1, 0.15) is 40.5 Å². The highest BCUT2D eigenvalue weighted by Crippen LogP contribution is 2.09. The van der Waals surface area contributed by atoms with Gasteiger partial charge in [0.05, 0.1) is 0 Å². The SMILES string of the molecule is CCC(C)N(CCCBr)C(C)C. The molecule has 12 heavy (non-hydrogen) atoms. The summed E-state index contributed by atoms with van der Waals surface area (Å²) in [6.07, 6.45) is 2.50. The van der Waals surface area contributed by atoms with E-state index in [4.69, 9.17) is 0 Å². The van der Waals surface area contributed by atoms with E-state index in [2.05, 4.69) is 48.5 Å². The first-order chi connectivity index (χ1) is 5.63. The highest BCUT2D eigenvalue weighted by molar-refractivity contribution is 9.09. The van der Waals surface area contributed by atoms with Gasteiger partial charge in [-0.2, -0.15) is 0 Å². The van der Waals surface area contributed by atoms with Crippen molar-refractivity contribution in [2.45, 2.75) is 52.6 Å². The molecule has 0 aromatic rings. The Kier molecular flexibility index (Phi) is 7.16. The molecule has 0 aliphatic heterocycles. The van der Waals surface area contributed by atoms with E-state index in [1.165, 1.54) is 19.4 Å². The monoisotopic (exact) mass is 235 g/mol. The summed E-state index contributed by atoms with van der Waals surface area (Å²) in [6.45, 7) is 10.3. The molecule has 0 saturated heterocycles. The van der Waals surface area contributed by atoms with Gasteiger partial charge < -0.3 is 0 Å². The molecule has 0 spiro atoms. The number of alkyl halides is 1. The van der Waals surface area contributed by atoms with Gasteiger partial charge >= 0.3 is 0 Å². The van der Waals surface area contributed by atoms with Gasteiger partial charge in [0.2, 0.25) is 0 Å². The Balaban J connectivity index is 3.85. The van der Waals surface area contributed by atoms with Crippen molar-refractivity contribution in [2.75, 3.05) is 11.9 Å².